The van der Waals surface area contributed by atoms with Crippen LogP contribution < -0.4 is 14.4 Å². The molecule has 8 nitrogen and oxygen atoms in total. The second-order valence-corrected chi connectivity index (χ2v) is 9.46. The van der Waals surface area contributed by atoms with Gasteiger partial charge in [-0.1, -0.05) is 35.9 Å². The van der Waals surface area contributed by atoms with Gasteiger partial charge in [0.2, 0.25) is 21.8 Å². The van der Waals surface area contributed by atoms with E-state index in [0.717, 1.165) is 21.7 Å². The van der Waals surface area contributed by atoms with Crippen molar-refractivity contribution in [3.05, 3.63) is 59.7 Å². The first-order valence-electron chi connectivity index (χ1n) is 10.3. The van der Waals surface area contributed by atoms with Gasteiger partial charge in [-0.2, -0.15) is 0 Å². The van der Waals surface area contributed by atoms with Gasteiger partial charge >= 0.3 is 0 Å². The highest BCUT2D eigenvalue weighted by Gasteiger charge is 2.30. The van der Waals surface area contributed by atoms with E-state index in [1.54, 1.807) is 38.1 Å². The van der Waals surface area contributed by atoms with E-state index < -0.39 is 28.5 Å². The molecular formula is C23H31N3O5S. The van der Waals surface area contributed by atoms with Gasteiger partial charge in [-0.05, 0) is 38.5 Å². The van der Waals surface area contributed by atoms with Crippen molar-refractivity contribution < 1.29 is 22.7 Å². The Hall–Kier alpha value is -3.07. The monoisotopic (exact) mass is 461 g/mol. The fourth-order valence-electron chi connectivity index (χ4n) is 3.29. The molecule has 0 heterocycles. The number of likely N-dealkylation sites (N-methyl/N-ethyl adjacent to an activating group) is 1. The normalized spacial score (nSPS) is 12.0. The molecule has 0 fully saturated rings. The van der Waals surface area contributed by atoms with Crippen LogP contribution in [-0.2, 0) is 26.2 Å². The van der Waals surface area contributed by atoms with Crippen LogP contribution in [0.3, 0.4) is 0 Å². The Bertz CT molecular complexity index is 1060. The van der Waals surface area contributed by atoms with Crippen LogP contribution in [0, 0.1) is 6.92 Å². The molecular weight excluding hydrogens is 430 g/mol. The Kier molecular flexibility index (Phi) is 8.65. The topological polar surface area (TPSA) is 96.0 Å². The third-order valence-electron chi connectivity index (χ3n) is 4.97. The van der Waals surface area contributed by atoms with Crippen molar-refractivity contribution in [1.29, 1.82) is 0 Å². The molecule has 2 aromatic carbocycles. The first-order valence-corrected chi connectivity index (χ1v) is 12.2. The highest BCUT2D eigenvalue weighted by atomic mass is 32.2. The van der Waals surface area contributed by atoms with Gasteiger partial charge in [-0.3, -0.25) is 13.9 Å². The van der Waals surface area contributed by atoms with E-state index in [-0.39, 0.29) is 12.5 Å². The van der Waals surface area contributed by atoms with Crippen molar-refractivity contribution in [3.8, 4) is 5.75 Å². The van der Waals surface area contributed by atoms with Crippen LogP contribution in [-0.4, -0.2) is 57.6 Å². The number of ether oxygens (including phenoxy) is 1. The number of hydrogen-bond acceptors (Lipinski definition) is 5. The first kappa shape index (κ1) is 25.2. The fourth-order valence-corrected chi connectivity index (χ4v) is 4.13. The summed E-state index contributed by atoms with van der Waals surface area (Å²) in [6.45, 7) is 5.53. The quantitative estimate of drug-likeness (QED) is 0.586. The molecule has 9 heteroatoms. The van der Waals surface area contributed by atoms with Crippen molar-refractivity contribution in [1.82, 2.24) is 10.2 Å². The maximum atomic E-state index is 13.4. The van der Waals surface area contributed by atoms with E-state index in [2.05, 4.69) is 5.32 Å². The van der Waals surface area contributed by atoms with Crippen LogP contribution in [0.25, 0.3) is 0 Å². The van der Waals surface area contributed by atoms with Crippen molar-refractivity contribution in [2.24, 2.45) is 0 Å². The van der Waals surface area contributed by atoms with E-state index in [1.807, 2.05) is 31.2 Å². The third kappa shape index (κ3) is 6.71. The second kappa shape index (κ2) is 11.0. The number of anilines is 1. The number of sulfonamides is 1. The lowest BCUT2D eigenvalue weighted by atomic mass is 10.1. The predicted octanol–water partition coefficient (Wildman–Crippen LogP) is 2.32. The van der Waals surface area contributed by atoms with E-state index in [9.17, 15) is 18.0 Å². The Morgan fingerprint density at radius 2 is 1.81 bits per heavy atom. The molecule has 1 N–H and O–H groups in total. The van der Waals surface area contributed by atoms with Crippen LogP contribution in [0.2, 0.25) is 0 Å². The Labute approximate surface area is 190 Å². The van der Waals surface area contributed by atoms with Crippen molar-refractivity contribution in [2.75, 3.05) is 30.8 Å². The van der Waals surface area contributed by atoms with Gasteiger partial charge in [-0.15, -0.1) is 0 Å². The number of rotatable bonds is 10. The zero-order valence-corrected chi connectivity index (χ0v) is 20.0. The summed E-state index contributed by atoms with van der Waals surface area (Å²) >= 11 is 0. The van der Waals surface area contributed by atoms with Gasteiger partial charge in [0.15, 0.2) is 0 Å². The number of benzene rings is 2. The van der Waals surface area contributed by atoms with E-state index >= 15 is 0 Å². The van der Waals surface area contributed by atoms with Crippen molar-refractivity contribution >= 4 is 27.5 Å². The standard InChI is InChI=1S/C23H31N3O5S/c1-6-24-23(28)18(3)25(15-19-10-7-9-17(2)13-19)22(27)16-26(32(5,29)30)20-11-8-12-21(14-20)31-4/h7-14,18H,6,15-16H2,1-5H3,(H,24,28). The third-order valence-corrected chi connectivity index (χ3v) is 6.11. The SMILES string of the molecule is CCNC(=O)C(C)N(Cc1cccc(C)c1)C(=O)CN(c1cccc(OC)c1)S(C)(=O)=O. The van der Waals surface area contributed by atoms with Crippen LogP contribution in [0.5, 0.6) is 5.75 Å². The Morgan fingerprint density at radius 1 is 1.12 bits per heavy atom. The van der Waals surface area contributed by atoms with Crippen LogP contribution in [0.1, 0.15) is 25.0 Å². The number of nitrogens with zero attached hydrogens (tertiary/aromatic N) is 2. The van der Waals surface area contributed by atoms with E-state index in [1.165, 1.54) is 12.0 Å². The van der Waals surface area contributed by atoms with Crippen molar-refractivity contribution in [2.45, 2.75) is 33.4 Å². The molecule has 0 aliphatic heterocycles. The number of hydrogen-bond donors (Lipinski definition) is 1. The van der Waals surface area contributed by atoms with Crippen LogP contribution in [0.4, 0.5) is 5.69 Å². The van der Waals surface area contributed by atoms with E-state index in [4.69, 9.17) is 4.74 Å². The van der Waals surface area contributed by atoms with Gasteiger partial charge in [0.25, 0.3) is 0 Å². The lowest BCUT2D eigenvalue weighted by molar-refractivity contribution is -0.139. The largest absolute Gasteiger partial charge is 0.497 e. The lowest BCUT2D eigenvalue weighted by Crippen LogP contribution is -2.51. The molecule has 174 valence electrons. The Balaban J connectivity index is 2.39. The molecule has 1 atom stereocenters. The van der Waals surface area contributed by atoms with Crippen LogP contribution >= 0.6 is 0 Å². The highest BCUT2D eigenvalue weighted by molar-refractivity contribution is 7.92. The summed E-state index contributed by atoms with van der Waals surface area (Å²) in [6.07, 6.45) is 1.04. The molecule has 0 aliphatic rings. The van der Waals surface area contributed by atoms with E-state index in [0.29, 0.717) is 18.0 Å². The molecule has 0 aliphatic carbocycles. The first-order chi connectivity index (χ1) is 15.1. The number of nitrogens with one attached hydrogen (secondary N) is 1. The molecule has 2 rings (SSSR count). The molecule has 0 bridgehead atoms. The molecule has 32 heavy (non-hydrogen) atoms. The number of amides is 2. The summed E-state index contributed by atoms with van der Waals surface area (Å²) in [5, 5.41) is 2.73. The van der Waals surface area contributed by atoms with Gasteiger partial charge in [0.1, 0.15) is 18.3 Å². The molecule has 2 amide bonds. The molecule has 0 spiro atoms. The smallest absolute Gasteiger partial charge is 0.244 e. The molecule has 0 saturated heterocycles. The van der Waals surface area contributed by atoms with Gasteiger partial charge in [-0.25, -0.2) is 8.42 Å². The number of carbonyl (C=O) groups excluding carboxylic acids is 2. The number of carbonyl (C=O) groups is 2. The summed E-state index contributed by atoms with van der Waals surface area (Å²) < 4.78 is 31.3. The number of methoxy groups -OCH3 is 1. The zero-order chi connectivity index (χ0) is 23.9. The van der Waals surface area contributed by atoms with Crippen LogP contribution in [0.15, 0.2) is 48.5 Å². The molecule has 2 aromatic rings. The minimum absolute atomic E-state index is 0.175. The fraction of sp³-hybridized carbons (Fsp3) is 0.391. The van der Waals surface area contributed by atoms with Crippen molar-refractivity contribution in [3.63, 3.8) is 0 Å². The second-order valence-electron chi connectivity index (χ2n) is 7.55. The predicted molar refractivity (Wildman–Crippen MR) is 125 cm³/mol. The molecule has 0 radical (unpaired) electrons. The average Bonchev–Trinajstić information content (AvgIpc) is 2.74. The zero-order valence-electron chi connectivity index (χ0n) is 19.2. The number of aryl methyl sites for hydroxylation is 1. The summed E-state index contributed by atoms with van der Waals surface area (Å²) in [5.41, 5.74) is 2.18. The lowest BCUT2D eigenvalue weighted by Gasteiger charge is -2.31. The summed E-state index contributed by atoms with van der Waals surface area (Å²) in [5.74, 6) is -0.324. The summed E-state index contributed by atoms with van der Waals surface area (Å²) in [7, 11) is -2.30. The maximum Gasteiger partial charge on any atom is 0.244 e. The minimum atomic E-state index is -3.78. The van der Waals surface area contributed by atoms with Gasteiger partial charge in [0, 0.05) is 19.2 Å². The molecule has 0 saturated carbocycles. The minimum Gasteiger partial charge on any atom is -0.497 e. The average molecular weight is 462 g/mol. The summed E-state index contributed by atoms with van der Waals surface area (Å²) in [6, 6.07) is 13.3. The summed E-state index contributed by atoms with van der Waals surface area (Å²) in [4.78, 5) is 27.3. The molecule has 1 unspecified atom stereocenters. The highest BCUT2D eigenvalue weighted by Crippen LogP contribution is 2.23. The van der Waals surface area contributed by atoms with Gasteiger partial charge in [0.05, 0.1) is 19.1 Å². The Morgan fingerprint density at radius 3 is 2.41 bits per heavy atom. The molecule has 0 aromatic heterocycles. The van der Waals surface area contributed by atoms with Gasteiger partial charge < -0.3 is 15.0 Å². The maximum absolute atomic E-state index is 13.4.